The molecule has 2 aromatic rings. The molecule has 23 heavy (non-hydrogen) atoms. The molecule has 1 heterocycles. The van der Waals surface area contributed by atoms with Gasteiger partial charge in [0.15, 0.2) is 0 Å². The summed E-state index contributed by atoms with van der Waals surface area (Å²) in [5.41, 5.74) is 2.05. The van der Waals surface area contributed by atoms with Crippen LogP contribution < -0.4 is 15.4 Å². The maximum Gasteiger partial charge on any atom is 0.330 e. The number of nitrogens with one attached hydrogen (secondary N) is 2. The number of carboxylic acid groups (broad SMARTS) is 1. The van der Waals surface area contributed by atoms with E-state index in [1.165, 1.54) is 0 Å². The van der Waals surface area contributed by atoms with Crippen LogP contribution in [0, 0.1) is 0 Å². The molecule has 0 atom stereocenters. The van der Waals surface area contributed by atoms with Crippen molar-refractivity contribution in [1.29, 1.82) is 0 Å². The third-order valence-corrected chi connectivity index (χ3v) is 3.28. The molecule has 116 valence electrons. The van der Waals surface area contributed by atoms with Gasteiger partial charge in [-0.05, 0) is 17.7 Å². The highest BCUT2D eigenvalue weighted by molar-refractivity contribution is 6.13. The highest BCUT2D eigenvalue weighted by Gasteiger charge is 2.23. The molecule has 0 bridgehead atoms. The quantitative estimate of drug-likeness (QED) is 0.756. The van der Waals surface area contributed by atoms with Crippen LogP contribution in [-0.2, 0) is 16.2 Å². The number of hydrogen-bond donors (Lipinski definition) is 3. The van der Waals surface area contributed by atoms with Crippen LogP contribution in [0.5, 0.6) is 5.75 Å². The van der Waals surface area contributed by atoms with Gasteiger partial charge in [-0.3, -0.25) is 4.79 Å². The standard InChI is InChI=1S/C17H14N2O4/c20-15(21)9-13-17(22)19-12-7-4-8-14(16(12)18-13)23-10-11-5-2-1-3-6-11/h1-9,18H,10H2,(H,19,22)(H,20,21)/b13-9+. The fraction of sp³-hybridized carbons (Fsp3) is 0.0588. The van der Waals surface area contributed by atoms with Crippen LogP contribution in [0.25, 0.3) is 0 Å². The second-order valence-electron chi connectivity index (χ2n) is 4.93. The summed E-state index contributed by atoms with van der Waals surface area (Å²) in [5, 5.41) is 14.3. The van der Waals surface area contributed by atoms with Crippen molar-refractivity contribution in [3.05, 3.63) is 65.9 Å². The highest BCUT2D eigenvalue weighted by atomic mass is 16.5. The number of rotatable bonds is 4. The molecule has 1 amide bonds. The first-order chi connectivity index (χ1) is 11.1. The van der Waals surface area contributed by atoms with E-state index >= 15 is 0 Å². The molecule has 3 rings (SSSR count). The van der Waals surface area contributed by atoms with Gasteiger partial charge < -0.3 is 20.5 Å². The number of benzene rings is 2. The second kappa shape index (κ2) is 6.23. The van der Waals surface area contributed by atoms with Crippen molar-refractivity contribution >= 4 is 23.3 Å². The molecule has 0 unspecified atom stereocenters. The minimum absolute atomic E-state index is 0.0410. The first kappa shape index (κ1) is 14.6. The third kappa shape index (κ3) is 3.32. The molecular weight excluding hydrogens is 296 g/mol. The minimum Gasteiger partial charge on any atom is -0.487 e. The summed E-state index contributed by atoms with van der Waals surface area (Å²) in [4.78, 5) is 22.6. The summed E-state index contributed by atoms with van der Waals surface area (Å²) in [6.07, 6.45) is 0.826. The van der Waals surface area contributed by atoms with Crippen molar-refractivity contribution in [2.45, 2.75) is 6.61 Å². The fourth-order valence-corrected chi connectivity index (χ4v) is 2.23. The Kier molecular flexibility index (Phi) is 3.97. The van der Waals surface area contributed by atoms with Gasteiger partial charge in [-0.15, -0.1) is 0 Å². The molecule has 6 nitrogen and oxygen atoms in total. The molecule has 2 aromatic carbocycles. The Bertz CT molecular complexity index is 784. The Labute approximate surface area is 132 Å². The molecule has 0 aliphatic carbocycles. The van der Waals surface area contributed by atoms with Gasteiger partial charge in [-0.2, -0.15) is 0 Å². The maximum atomic E-state index is 11.8. The second-order valence-corrected chi connectivity index (χ2v) is 4.93. The zero-order chi connectivity index (χ0) is 16.2. The maximum absolute atomic E-state index is 11.8. The van der Waals surface area contributed by atoms with Gasteiger partial charge in [-0.1, -0.05) is 36.4 Å². The normalized spacial score (nSPS) is 14.6. The third-order valence-electron chi connectivity index (χ3n) is 3.28. The number of para-hydroxylation sites is 1. The molecule has 0 aromatic heterocycles. The smallest absolute Gasteiger partial charge is 0.330 e. The fourth-order valence-electron chi connectivity index (χ4n) is 2.23. The lowest BCUT2D eigenvalue weighted by molar-refractivity contribution is -0.131. The van der Waals surface area contributed by atoms with Gasteiger partial charge in [0.2, 0.25) is 0 Å². The lowest BCUT2D eigenvalue weighted by Crippen LogP contribution is -2.26. The van der Waals surface area contributed by atoms with E-state index in [0.29, 0.717) is 23.7 Å². The molecule has 0 radical (unpaired) electrons. The van der Waals surface area contributed by atoms with Gasteiger partial charge in [0, 0.05) is 0 Å². The van der Waals surface area contributed by atoms with Gasteiger partial charge >= 0.3 is 5.97 Å². The molecular formula is C17H14N2O4. The number of carboxylic acids is 1. The summed E-state index contributed by atoms with van der Waals surface area (Å²) in [5.74, 6) is -1.17. The van der Waals surface area contributed by atoms with Crippen molar-refractivity contribution in [3.8, 4) is 5.75 Å². The Morgan fingerprint density at radius 2 is 1.87 bits per heavy atom. The first-order valence-electron chi connectivity index (χ1n) is 6.96. The van der Waals surface area contributed by atoms with Gasteiger partial charge in [0.05, 0.1) is 11.8 Å². The largest absolute Gasteiger partial charge is 0.487 e. The minimum atomic E-state index is -1.20. The van der Waals surface area contributed by atoms with E-state index in [1.807, 2.05) is 30.3 Å². The number of carbonyl (C=O) groups is 2. The van der Waals surface area contributed by atoms with Crippen LogP contribution in [0.1, 0.15) is 5.56 Å². The number of carbonyl (C=O) groups excluding carboxylic acids is 1. The highest BCUT2D eigenvalue weighted by Crippen LogP contribution is 2.37. The van der Waals surface area contributed by atoms with Crippen LogP contribution in [0.15, 0.2) is 60.3 Å². The van der Waals surface area contributed by atoms with Crippen molar-refractivity contribution < 1.29 is 19.4 Å². The van der Waals surface area contributed by atoms with Crippen molar-refractivity contribution in [3.63, 3.8) is 0 Å². The van der Waals surface area contributed by atoms with Gasteiger partial charge in [0.1, 0.15) is 23.7 Å². The van der Waals surface area contributed by atoms with Crippen LogP contribution >= 0.6 is 0 Å². The lowest BCUT2D eigenvalue weighted by atomic mass is 10.1. The monoisotopic (exact) mass is 310 g/mol. The number of ether oxygens (including phenoxy) is 1. The van der Waals surface area contributed by atoms with E-state index < -0.39 is 11.9 Å². The number of fused-ring (bicyclic) bond motifs is 1. The predicted molar refractivity (Wildman–Crippen MR) is 85.2 cm³/mol. The average molecular weight is 310 g/mol. The molecule has 0 saturated heterocycles. The summed E-state index contributed by atoms with van der Waals surface area (Å²) in [6.45, 7) is 0.366. The van der Waals surface area contributed by atoms with Gasteiger partial charge in [0.25, 0.3) is 5.91 Å². The first-order valence-corrected chi connectivity index (χ1v) is 6.96. The lowest BCUT2D eigenvalue weighted by Gasteiger charge is -2.23. The van der Waals surface area contributed by atoms with E-state index in [4.69, 9.17) is 9.84 Å². The molecule has 6 heteroatoms. The number of aliphatic carboxylic acids is 1. The number of hydrogen-bond acceptors (Lipinski definition) is 4. The van der Waals surface area contributed by atoms with E-state index in [9.17, 15) is 9.59 Å². The van der Waals surface area contributed by atoms with Crippen molar-refractivity contribution in [2.75, 3.05) is 10.6 Å². The predicted octanol–water partition coefficient (Wildman–Crippen LogP) is 2.60. The Morgan fingerprint density at radius 1 is 1.09 bits per heavy atom. The summed E-state index contributed by atoms with van der Waals surface area (Å²) < 4.78 is 5.79. The van der Waals surface area contributed by atoms with Crippen LogP contribution in [0.2, 0.25) is 0 Å². The average Bonchev–Trinajstić information content (AvgIpc) is 2.54. The van der Waals surface area contributed by atoms with E-state index in [2.05, 4.69) is 10.6 Å². The number of anilines is 2. The van der Waals surface area contributed by atoms with E-state index in [-0.39, 0.29) is 5.70 Å². The van der Waals surface area contributed by atoms with Crippen LogP contribution in [-0.4, -0.2) is 17.0 Å². The van der Waals surface area contributed by atoms with Crippen molar-refractivity contribution in [2.24, 2.45) is 0 Å². The van der Waals surface area contributed by atoms with E-state index in [0.717, 1.165) is 11.6 Å². The summed E-state index contributed by atoms with van der Waals surface area (Å²) in [7, 11) is 0. The van der Waals surface area contributed by atoms with Crippen molar-refractivity contribution in [1.82, 2.24) is 0 Å². The molecule has 1 aliphatic heterocycles. The molecule has 1 aliphatic rings. The topological polar surface area (TPSA) is 87.7 Å². The molecule has 0 fully saturated rings. The zero-order valence-electron chi connectivity index (χ0n) is 12.1. The van der Waals surface area contributed by atoms with Gasteiger partial charge in [-0.25, -0.2) is 4.79 Å². The Balaban J connectivity index is 1.85. The molecule has 0 saturated carbocycles. The number of amides is 1. The molecule has 0 spiro atoms. The Hall–Kier alpha value is -3.28. The molecule has 3 N–H and O–H groups in total. The van der Waals surface area contributed by atoms with Crippen LogP contribution in [0.3, 0.4) is 0 Å². The zero-order valence-corrected chi connectivity index (χ0v) is 12.1. The van der Waals surface area contributed by atoms with E-state index in [1.54, 1.807) is 18.2 Å². The van der Waals surface area contributed by atoms with Crippen LogP contribution in [0.4, 0.5) is 11.4 Å². The summed E-state index contributed by atoms with van der Waals surface area (Å²) in [6, 6.07) is 14.9. The SMILES string of the molecule is O=C(O)/C=C1/Nc2c(cccc2OCc2ccccc2)NC1=O. The summed E-state index contributed by atoms with van der Waals surface area (Å²) >= 11 is 0. The Morgan fingerprint density at radius 3 is 2.61 bits per heavy atom.